The summed E-state index contributed by atoms with van der Waals surface area (Å²) in [7, 11) is 0. The summed E-state index contributed by atoms with van der Waals surface area (Å²) in [6.45, 7) is 0. The van der Waals surface area contributed by atoms with E-state index < -0.39 is 22.6 Å². The molecule has 0 aliphatic heterocycles. The number of anilines is 1. The van der Waals surface area contributed by atoms with Gasteiger partial charge in [0, 0.05) is 38.9 Å². The van der Waals surface area contributed by atoms with Gasteiger partial charge in [-0.15, -0.1) is 11.8 Å². The molecular formula is C19H14ClN3O4S2. The van der Waals surface area contributed by atoms with Crippen LogP contribution in [0, 0.1) is 0 Å². The number of H-pyrrole nitrogens is 2. The molecule has 4 rings (SSSR count). The third-order valence-electron chi connectivity index (χ3n) is 4.01. The van der Waals surface area contributed by atoms with E-state index in [4.69, 9.17) is 16.0 Å². The molecule has 0 fully saturated rings. The van der Waals surface area contributed by atoms with E-state index in [9.17, 15) is 14.1 Å². The van der Waals surface area contributed by atoms with E-state index in [-0.39, 0.29) is 0 Å². The molecule has 29 heavy (non-hydrogen) atoms. The molecule has 0 bridgehead atoms. The van der Waals surface area contributed by atoms with Crippen molar-refractivity contribution in [2.45, 2.75) is 15.7 Å². The summed E-state index contributed by atoms with van der Waals surface area (Å²) in [4.78, 5) is 28.4. The summed E-state index contributed by atoms with van der Waals surface area (Å²) in [5, 5.41) is 1.62. The van der Waals surface area contributed by atoms with Crippen LogP contribution in [0.5, 0.6) is 0 Å². The number of rotatable bonds is 6. The second-order valence-electron chi connectivity index (χ2n) is 6.00. The molecule has 4 aromatic rings. The van der Waals surface area contributed by atoms with E-state index >= 15 is 0 Å². The van der Waals surface area contributed by atoms with Gasteiger partial charge in [0.2, 0.25) is 0 Å². The highest BCUT2D eigenvalue weighted by molar-refractivity contribution is 7.98. The average Bonchev–Trinajstić information content (AvgIpc) is 3.13. The van der Waals surface area contributed by atoms with Crippen molar-refractivity contribution in [3.8, 4) is 0 Å². The number of furan rings is 1. The molecule has 0 aliphatic carbocycles. The average molecular weight is 448 g/mol. The highest BCUT2D eigenvalue weighted by Crippen LogP contribution is 2.33. The van der Waals surface area contributed by atoms with Crippen molar-refractivity contribution in [3.63, 3.8) is 0 Å². The normalized spacial score (nSPS) is 12.2. The number of hydrogen-bond donors (Lipinski definition) is 3. The van der Waals surface area contributed by atoms with Crippen LogP contribution in [-0.2, 0) is 17.1 Å². The highest BCUT2D eigenvalue weighted by atomic mass is 35.5. The van der Waals surface area contributed by atoms with Gasteiger partial charge in [-0.05, 0) is 24.3 Å². The van der Waals surface area contributed by atoms with Crippen LogP contribution < -0.4 is 16.0 Å². The lowest BCUT2D eigenvalue weighted by Crippen LogP contribution is -2.24. The van der Waals surface area contributed by atoms with Gasteiger partial charge in [-0.25, -0.2) is 4.79 Å². The van der Waals surface area contributed by atoms with Gasteiger partial charge in [-0.3, -0.25) is 9.78 Å². The summed E-state index contributed by atoms with van der Waals surface area (Å²) < 4.78 is 21.3. The Morgan fingerprint density at radius 3 is 2.79 bits per heavy atom. The maximum absolute atomic E-state index is 12.8. The van der Waals surface area contributed by atoms with Crippen molar-refractivity contribution < 1.29 is 8.97 Å². The van der Waals surface area contributed by atoms with Crippen LogP contribution >= 0.6 is 23.4 Å². The monoisotopic (exact) mass is 447 g/mol. The smallest absolute Gasteiger partial charge is 0.339 e. The fourth-order valence-electron chi connectivity index (χ4n) is 2.61. The van der Waals surface area contributed by atoms with Gasteiger partial charge in [0.1, 0.15) is 16.9 Å². The first-order chi connectivity index (χ1) is 14.0. The van der Waals surface area contributed by atoms with Gasteiger partial charge in [-0.2, -0.15) is 4.72 Å². The molecule has 10 heteroatoms. The molecular weight excluding hydrogens is 434 g/mol. The van der Waals surface area contributed by atoms with Crippen LogP contribution in [0.15, 0.2) is 78.7 Å². The number of fused-ring (bicyclic) bond motifs is 1. The summed E-state index contributed by atoms with van der Waals surface area (Å²) in [5.41, 5.74) is 0.598. The molecule has 2 aromatic carbocycles. The lowest BCUT2D eigenvalue weighted by atomic mass is 10.3. The van der Waals surface area contributed by atoms with Crippen LogP contribution in [0.3, 0.4) is 0 Å². The molecule has 0 aliphatic rings. The first-order valence-electron chi connectivity index (χ1n) is 8.40. The molecule has 0 radical (unpaired) electrons. The maximum atomic E-state index is 12.8. The van der Waals surface area contributed by atoms with Crippen LogP contribution in [0.25, 0.3) is 11.0 Å². The number of aromatic amines is 2. The number of halogens is 1. The minimum Gasteiger partial charge on any atom is -0.585 e. The molecule has 0 amide bonds. The van der Waals surface area contributed by atoms with E-state index in [0.29, 0.717) is 32.7 Å². The van der Waals surface area contributed by atoms with Crippen molar-refractivity contribution >= 4 is 51.4 Å². The minimum atomic E-state index is -1.65. The zero-order valence-electron chi connectivity index (χ0n) is 14.7. The quantitative estimate of drug-likeness (QED) is 0.305. The van der Waals surface area contributed by atoms with Gasteiger partial charge in [0.05, 0.1) is 5.69 Å². The number of aromatic nitrogens is 2. The fourth-order valence-corrected chi connectivity index (χ4v) is 4.67. The first kappa shape index (κ1) is 19.7. The molecule has 148 valence electrons. The van der Waals surface area contributed by atoms with Crippen molar-refractivity contribution in [2.24, 2.45) is 0 Å². The predicted molar refractivity (Wildman–Crippen MR) is 115 cm³/mol. The van der Waals surface area contributed by atoms with Crippen LogP contribution in [0.4, 0.5) is 5.69 Å². The summed E-state index contributed by atoms with van der Waals surface area (Å²) in [6.07, 6.45) is 1.38. The Morgan fingerprint density at radius 2 is 2.00 bits per heavy atom. The molecule has 1 atom stereocenters. The molecule has 2 aromatic heterocycles. The SMILES string of the molecule is O=c1[nH]cc(CSc2ccc(Cl)cc2N[S+]([O-])c2cc3ccccc3o2)c(=O)[nH]1. The molecule has 0 spiro atoms. The van der Waals surface area contributed by atoms with Gasteiger partial charge in [0.25, 0.3) is 5.56 Å². The Balaban J connectivity index is 1.55. The molecule has 0 saturated heterocycles. The molecule has 1 unspecified atom stereocenters. The zero-order valence-corrected chi connectivity index (χ0v) is 17.1. The number of para-hydroxylation sites is 1. The third-order valence-corrected chi connectivity index (χ3v) is 6.34. The highest BCUT2D eigenvalue weighted by Gasteiger charge is 2.20. The van der Waals surface area contributed by atoms with E-state index in [0.717, 1.165) is 10.3 Å². The number of nitrogens with one attached hydrogen (secondary N) is 3. The summed E-state index contributed by atoms with van der Waals surface area (Å²) >= 11 is 5.80. The second-order valence-corrected chi connectivity index (χ2v) is 8.60. The maximum Gasteiger partial charge on any atom is 0.339 e. The topological polar surface area (TPSA) is 114 Å². The predicted octanol–water partition coefficient (Wildman–Crippen LogP) is 3.89. The number of hydrogen-bond acceptors (Lipinski definition) is 6. The molecule has 2 heterocycles. The van der Waals surface area contributed by atoms with Crippen LogP contribution in [0.1, 0.15) is 5.56 Å². The third kappa shape index (κ3) is 4.54. The first-order valence-corrected chi connectivity index (χ1v) is 10.9. The van der Waals surface area contributed by atoms with E-state index in [1.165, 1.54) is 18.0 Å². The van der Waals surface area contributed by atoms with E-state index in [1.807, 2.05) is 18.2 Å². The zero-order chi connectivity index (χ0) is 20.4. The van der Waals surface area contributed by atoms with Gasteiger partial charge in [-0.1, -0.05) is 29.8 Å². The van der Waals surface area contributed by atoms with Crippen molar-refractivity contribution in [1.29, 1.82) is 0 Å². The Labute approximate surface area is 176 Å². The second kappa shape index (κ2) is 8.42. The lowest BCUT2D eigenvalue weighted by molar-refractivity contribution is 0.484. The number of thioether (sulfide) groups is 1. The largest absolute Gasteiger partial charge is 0.585 e. The summed E-state index contributed by atoms with van der Waals surface area (Å²) in [5.74, 6) is 0.305. The van der Waals surface area contributed by atoms with E-state index in [2.05, 4.69) is 14.7 Å². The van der Waals surface area contributed by atoms with Crippen molar-refractivity contribution in [3.05, 3.63) is 86.2 Å². The Morgan fingerprint density at radius 1 is 1.17 bits per heavy atom. The fraction of sp³-hybridized carbons (Fsp3) is 0.0526. The lowest BCUT2D eigenvalue weighted by Gasteiger charge is -2.13. The standard InChI is InChI=1S/C19H14ClN3O4S2/c20-13-5-6-16(28-10-12-9-21-19(25)22-18(12)24)14(8-13)23-29(26)17-7-11-3-1-2-4-15(11)27-17/h1-9,23H,10H2,(H2,21,22,24,25). The van der Waals surface area contributed by atoms with E-state index in [1.54, 1.807) is 30.3 Å². The van der Waals surface area contributed by atoms with Crippen molar-refractivity contribution in [2.75, 3.05) is 4.72 Å². The summed E-state index contributed by atoms with van der Waals surface area (Å²) in [6, 6.07) is 14.2. The molecule has 3 N–H and O–H groups in total. The Kier molecular flexibility index (Phi) is 5.72. The van der Waals surface area contributed by atoms with Crippen LogP contribution in [-0.4, -0.2) is 14.5 Å². The Bertz CT molecular complexity index is 1250. The number of benzene rings is 2. The minimum absolute atomic E-state index is 0.291. The van der Waals surface area contributed by atoms with Gasteiger partial charge >= 0.3 is 10.8 Å². The molecule has 7 nitrogen and oxygen atoms in total. The Hall–Kier alpha value is -2.59. The van der Waals surface area contributed by atoms with Crippen molar-refractivity contribution in [1.82, 2.24) is 9.97 Å². The van der Waals surface area contributed by atoms with Gasteiger partial charge in [0.15, 0.2) is 0 Å². The van der Waals surface area contributed by atoms with Gasteiger partial charge < -0.3 is 14.0 Å². The van der Waals surface area contributed by atoms with Crippen LogP contribution in [0.2, 0.25) is 5.02 Å². The molecule has 0 saturated carbocycles.